The van der Waals surface area contributed by atoms with Gasteiger partial charge in [-0.05, 0) is 25.2 Å². The van der Waals surface area contributed by atoms with Gasteiger partial charge in [0.05, 0.1) is 6.10 Å². The van der Waals surface area contributed by atoms with Gasteiger partial charge < -0.3 is 5.11 Å². The molecular formula is C15H32O. The minimum Gasteiger partial charge on any atom is -0.393 e. The Kier molecular flexibility index (Phi) is 11.4. The molecule has 0 radical (unpaired) electrons. The van der Waals surface area contributed by atoms with E-state index >= 15 is 0 Å². The fourth-order valence-electron chi connectivity index (χ4n) is 2.30. The lowest BCUT2D eigenvalue weighted by Gasteiger charge is -2.22. The van der Waals surface area contributed by atoms with E-state index in [1.54, 1.807) is 0 Å². The Bertz CT molecular complexity index is 125. The standard InChI is InChI=1S/C15H32O/c1-4-7-10-13-15(16)14(11-8-5-2)12-9-6-3/h14-16H,4-13H2,1-3H3. The van der Waals surface area contributed by atoms with Gasteiger partial charge in [-0.3, -0.25) is 0 Å². The molecule has 0 aliphatic heterocycles. The molecule has 16 heavy (non-hydrogen) atoms. The second kappa shape index (κ2) is 11.4. The minimum atomic E-state index is -0.0374. The van der Waals surface area contributed by atoms with E-state index in [0.29, 0.717) is 5.92 Å². The Morgan fingerprint density at radius 2 is 1.19 bits per heavy atom. The molecule has 1 N–H and O–H groups in total. The highest BCUT2D eigenvalue weighted by Crippen LogP contribution is 2.23. The zero-order chi connectivity index (χ0) is 12.2. The molecule has 0 aliphatic rings. The molecule has 0 rings (SSSR count). The molecule has 1 nitrogen and oxygen atoms in total. The van der Waals surface area contributed by atoms with Crippen molar-refractivity contribution in [2.24, 2.45) is 5.92 Å². The van der Waals surface area contributed by atoms with Crippen molar-refractivity contribution in [2.75, 3.05) is 0 Å². The van der Waals surface area contributed by atoms with E-state index in [1.807, 2.05) is 0 Å². The van der Waals surface area contributed by atoms with E-state index in [9.17, 15) is 5.11 Å². The Morgan fingerprint density at radius 3 is 1.62 bits per heavy atom. The predicted octanol–water partition coefficient (Wildman–Crippen LogP) is 4.92. The first kappa shape index (κ1) is 16.0. The summed E-state index contributed by atoms with van der Waals surface area (Å²) in [6.45, 7) is 6.69. The van der Waals surface area contributed by atoms with Crippen LogP contribution in [0.4, 0.5) is 0 Å². The third-order valence-corrected chi connectivity index (χ3v) is 3.50. The van der Waals surface area contributed by atoms with Crippen LogP contribution in [0, 0.1) is 5.92 Å². The van der Waals surface area contributed by atoms with Crippen molar-refractivity contribution >= 4 is 0 Å². The van der Waals surface area contributed by atoms with Crippen LogP contribution in [0.2, 0.25) is 0 Å². The van der Waals surface area contributed by atoms with Crippen LogP contribution in [-0.4, -0.2) is 11.2 Å². The van der Waals surface area contributed by atoms with Crippen LogP contribution >= 0.6 is 0 Å². The van der Waals surface area contributed by atoms with Gasteiger partial charge in [-0.25, -0.2) is 0 Å². The molecule has 0 saturated heterocycles. The molecule has 0 heterocycles. The normalized spacial score (nSPS) is 13.3. The highest BCUT2D eigenvalue weighted by molar-refractivity contribution is 4.69. The van der Waals surface area contributed by atoms with E-state index in [2.05, 4.69) is 20.8 Å². The molecule has 0 bridgehead atoms. The molecule has 0 fully saturated rings. The zero-order valence-corrected chi connectivity index (χ0v) is 11.7. The Labute approximate surface area is 103 Å². The van der Waals surface area contributed by atoms with Crippen molar-refractivity contribution in [2.45, 2.75) is 91.1 Å². The highest BCUT2D eigenvalue weighted by Gasteiger charge is 2.17. The molecule has 0 amide bonds. The zero-order valence-electron chi connectivity index (χ0n) is 11.7. The summed E-state index contributed by atoms with van der Waals surface area (Å²) >= 11 is 0. The Morgan fingerprint density at radius 1 is 0.688 bits per heavy atom. The molecule has 0 saturated carbocycles. The van der Waals surface area contributed by atoms with Crippen LogP contribution in [0.15, 0.2) is 0 Å². The van der Waals surface area contributed by atoms with Gasteiger partial charge in [-0.2, -0.15) is 0 Å². The van der Waals surface area contributed by atoms with E-state index in [1.165, 1.54) is 57.8 Å². The first-order chi connectivity index (χ1) is 7.76. The van der Waals surface area contributed by atoms with Gasteiger partial charge in [0, 0.05) is 0 Å². The summed E-state index contributed by atoms with van der Waals surface area (Å²) < 4.78 is 0. The van der Waals surface area contributed by atoms with Crippen molar-refractivity contribution < 1.29 is 5.11 Å². The van der Waals surface area contributed by atoms with Crippen molar-refractivity contribution in [3.05, 3.63) is 0 Å². The first-order valence-corrected chi connectivity index (χ1v) is 7.44. The Balaban J connectivity index is 3.83. The average molecular weight is 228 g/mol. The average Bonchev–Trinajstić information content (AvgIpc) is 2.29. The van der Waals surface area contributed by atoms with Gasteiger partial charge in [0.25, 0.3) is 0 Å². The molecule has 1 heteroatoms. The summed E-state index contributed by atoms with van der Waals surface area (Å²) in [4.78, 5) is 0. The number of aliphatic hydroxyl groups excluding tert-OH is 1. The maximum absolute atomic E-state index is 10.2. The SMILES string of the molecule is CCCCCC(O)C(CCCC)CCCC. The summed E-state index contributed by atoms with van der Waals surface area (Å²) in [5, 5.41) is 10.2. The summed E-state index contributed by atoms with van der Waals surface area (Å²) in [6.07, 6.45) is 12.2. The van der Waals surface area contributed by atoms with Crippen LogP contribution in [-0.2, 0) is 0 Å². The summed E-state index contributed by atoms with van der Waals surface area (Å²) in [7, 11) is 0. The van der Waals surface area contributed by atoms with Crippen LogP contribution in [0.25, 0.3) is 0 Å². The smallest absolute Gasteiger partial charge is 0.0568 e. The molecular weight excluding hydrogens is 196 g/mol. The lowest BCUT2D eigenvalue weighted by atomic mass is 9.88. The quantitative estimate of drug-likeness (QED) is 0.497. The van der Waals surface area contributed by atoms with Gasteiger partial charge in [-0.15, -0.1) is 0 Å². The van der Waals surface area contributed by atoms with Crippen molar-refractivity contribution in [1.29, 1.82) is 0 Å². The molecule has 0 spiro atoms. The maximum atomic E-state index is 10.2. The summed E-state index contributed by atoms with van der Waals surface area (Å²) in [6, 6.07) is 0. The van der Waals surface area contributed by atoms with Crippen LogP contribution in [0.1, 0.15) is 85.0 Å². The molecule has 0 aromatic heterocycles. The predicted molar refractivity (Wildman–Crippen MR) is 72.7 cm³/mol. The number of rotatable bonds is 11. The fraction of sp³-hybridized carbons (Fsp3) is 1.00. The molecule has 0 aromatic carbocycles. The van der Waals surface area contributed by atoms with Crippen LogP contribution < -0.4 is 0 Å². The second-order valence-corrected chi connectivity index (χ2v) is 5.11. The minimum absolute atomic E-state index is 0.0374. The van der Waals surface area contributed by atoms with E-state index < -0.39 is 0 Å². The second-order valence-electron chi connectivity index (χ2n) is 5.11. The monoisotopic (exact) mass is 228 g/mol. The highest BCUT2D eigenvalue weighted by atomic mass is 16.3. The van der Waals surface area contributed by atoms with Crippen LogP contribution in [0.3, 0.4) is 0 Å². The lowest BCUT2D eigenvalue weighted by Crippen LogP contribution is -2.20. The van der Waals surface area contributed by atoms with E-state index in [0.717, 1.165) is 6.42 Å². The van der Waals surface area contributed by atoms with Crippen molar-refractivity contribution in [3.8, 4) is 0 Å². The molecule has 1 atom stereocenters. The van der Waals surface area contributed by atoms with Crippen molar-refractivity contribution in [3.63, 3.8) is 0 Å². The third-order valence-electron chi connectivity index (χ3n) is 3.50. The van der Waals surface area contributed by atoms with Gasteiger partial charge in [0.15, 0.2) is 0 Å². The summed E-state index contributed by atoms with van der Waals surface area (Å²) in [5.41, 5.74) is 0. The fourth-order valence-corrected chi connectivity index (χ4v) is 2.30. The molecule has 0 aromatic rings. The number of hydrogen-bond donors (Lipinski definition) is 1. The third kappa shape index (κ3) is 8.15. The maximum Gasteiger partial charge on any atom is 0.0568 e. The number of unbranched alkanes of at least 4 members (excludes halogenated alkanes) is 4. The first-order valence-electron chi connectivity index (χ1n) is 7.44. The number of aliphatic hydroxyl groups is 1. The summed E-state index contributed by atoms with van der Waals surface area (Å²) in [5.74, 6) is 0.566. The molecule has 0 aliphatic carbocycles. The van der Waals surface area contributed by atoms with Crippen molar-refractivity contribution in [1.82, 2.24) is 0 Å². The molecule has 98 valence electrons. The van der Waals surface area contributed by atoms with Gasteiger partial charge in [0.1, 0.15) is 0 Å². The van der Waals surface area contributed by atoms with E-state index in [4.69, 9.17) is 0 Å². The largest absolute Gasteiger partial charge is 0.393 e. The van der Waals surface area contributed by atoms with Gasteiger partial charge in [0.2, 0.25) is 0 Å². The number of hydrogen-bond acceptors (Lipinski definition) is 1. The van der Waals surface area contributed by atoms with E-state index in [-0.39, 0.29) is 6.10 Å². The topological polar surface area (TPSA) is 20.2 Å². The lowest BCUT2D eigenvalue weighted by molar-refractivity contribution is 0.0837. The van der Waals surface area contributed by atoms with Gasteiger partial charge >= 0.3 is 0 Å². The van der Waals surface area contributed by atoms with Gasteiger partial charge in [-0.1, -0.05) is 65.7 Å². The molecule has 1 unspecified atom stereocenters. The Hall–Kier alpha value is -0.0400. The van der Waals surface area contributed by atoms with Crippen LogP contribution in [0.5, 0.6) is 0 Å².